The Morgan fingerprint density at radius 3 is 2.41 bits per heavy atom. The number of carbonyl (C=O) groups is 1. The van der Waals surface area contributed by atoms with Crippen molar-refractivity contribution >= 4 is 21.6 Å². The highest BCUT2D eigenvalue weighted by Crippen LogP contribution is 2.27. The molecule has 0 radical (unpaired) electrons. The summed E-state index contributed by atoms with van der Waals surface area (Å²) in [6.07, 6.45) is 0.681. The number of sulfonamides is 1. The van der Waals surface area contributed by atoms with E-state index in [2.05, 4.69) is 10.2 Å². The van der Waals surface area contributed by atoms with Crippen LogP contribution in [0.1, 0.15) is 16.8 Å². The van der Waals surface area contributed by atoms with Crippen LogP contribution < -0.4 is 10.2 Å². The van der Waals surface area contributed by atoms with Gasteiger partial charge in [-0.2, -0.15) is 4.31 Å². The summed E-state index contributed by atoms with van der Waals surface area (Å²) in [4.78, 5) is 15.1. The van der Waals surface area contributed by atoms with E-state index in [1.807, 2.05) is 0 Å². The lowest BCUT2D eigenvalue weighted by atomic mass is 10.1. The first-order valence-electron chi connectivity index (χ1n) is 9.86. The fourth-order valence-corrected chi connectivity index (χ4v) is 4.82. The monoisotopic (exact) mass is 427 g/mol. The summed E-state index contributed by atoms with van der Waals surface area (Å²) in [6, 6.07) is 4.79. The normalized spacial score (nSPS) is 18.6. The second-order valence-corrected chi connectivity index (χ2v) is 8.84. The molecule has 0 saturated carbocycles. The van der Waals surface area contributed by atoms with E-state index in [0.717, 1.165) is 5.69 Å². The molecule has 2 fully saturated rings. The molecule has 2 aliphatic rings. The maximum atomic E-state index is 13.0. The number of nitrogens with zero attached hydrogens (tertiary/aromatic N) is 2. The van der Waals surface area contributed by atoms with E-state index in [4.69, 9.17) is 14.2 Å². The average Bonchev–Trinajstić information content (AvgIpc) is 2.77. The summed E-state index contributed by atoms with van der Waals surface area (Å²) in [6.45, 7) is 4.82. The molecule has 2 heterocycles. The van der Waals surface area contributed by atoms with Crippen LogP contribution in [-0.4, -0.2) is 91.5 Å². The lowest BCUT2D eigenvalue weighted by molar-refractivity contribution is 0.0730. The van der Waals surface area contributed by atoms with Gasteiger partial charge in [0.25, 0.3) is 5.91 Å². The third-order valence-corrected chi connectivity index (χ3v) is 6.88. The predicted molar refractivity (Wildman–Crippen MR) is 108 cm³/mol. The molecule has 1 aromatic carbocycles. The van der Waals surface area contributed by atoms with Gasteiger partial charge in [-0.15, -0.1) is 0 Å². The molecule has 29 heavy (non-hydrogen) atoms. The number of amides is 1. The maximum absolute atomic E-state index is 13.0. The Hall–Kier alpha value is -1.72. The van der Waals surface area contributed by atoms with Crippen molar-refractivity contribution in [2.45, 2.75) is 11.3 Å². The molecule has 0 spiro atoms. The van der Waals surface area contributed by atoms with Crippen molar-refractivity contribution in [3.63, 3.8) is 0 Å². The number of hydrogen-bond acceptors (Lipinski definition) is 7. The van der Waals surface area contributed by atoms with Crippen molar-refractivity contribution in [3.05, 3.63) is 23.8 Å². The number of nitrogens with one attached hydrogen (secondary N) is 1. The largest absolute Gasteiger partial charge is 0.385 e. The molecular weight excluding hydrogens is 398 g/mol. The highest BCUT2D eigenvalue weighted by molar-refractivity contribution is 7.89. The van der Waals surface area contributed by atoms with E-state index >= 15 is 0 Å². The molecule has 9 nitrogen and oxygen atoms in total. The van der Waals surface area contributed by atoms with Gasteiger partial charge in [-0.05, 0) is 24.6 Å². The van der Waals surface area contributed by atoms with Gasteiger partial charge in [0.15, 0.2) is 0 Å². The van der Waals surface area contributed by atoms with Crippen LogP contribution in [0.3, 0.4) is 0 Å². The molecule has 0 unspecified atom stereocenters. The third kappa shape index (κ3) is 5.46. The molecule has 1 N–H and O–H groups in total. The fraction of sp³-hybridized carbons (Fsp3) is 0.632. The zero-order valence-corrected chi connectivity index (χ0v) is 17.6. The second-order valence-electron chi connectivity index (χ2n) is 6.90. The first kappa shape index (κ1) is 22.0. The summed E-state index contributed by atoms with van der Waals surface area (Å²) < 4.78 is 43.1. The van der Waals surface area contributed by atoms with E-state index in [9.17, 15) is 13.2 Å². The van der Waals surface area contributed by atoms with E-state index in [1.54, 1.807) is 19.2 Å². The van der Waals surface area contributed by atoms with Crippen molar-refractivity contribution in [3.8, 4) is 0 Å². The molecule has 2 saturated heterocycles. The number of morpholine rings is 2. The lowest BCUT2D eigenvalue weighted by Gasteiger charge is -2.31. The van der Waals surface area contributed by atoms with Crippen molar-refractivity contribution in [1.29, 1.82) is 0 Å². The first-order valence-corrected chi connectivity index (χ1v) is 11.3. The molecule has 3 rings (SSSR count). The zero-order chi connectivity index (χ0) is 20.7. The van der Waals surface area contributed by atoms with Gasteiger partial charge in [0.1, 0.15) is 0 Å². The van der Waals surface area contributed by atoms with Crippen LogP contribution in [0.25, 0.3) is 0 Å². The predicted octanol–water partition coefficient (Wildman–Crippen LogP) is 0.310. The van der Waals surface area contributed by atoms with Crippen LogP contribution >= 0.6 is 0 Å². The molecule has 1 amide bonds. The second kappa shape index (κ2) is 10.4. The number of hydrogen-bond donors (Lipinski definition) is 1. The molecular formula is C19H29N3O6S. The molecule has 0 aromatic heterocycles. The smallest absolute Gasteiger partial charge is 0.253 e. The Balaban J connectivity index is 1.88. The SMILES string of the molecule is COCCCNC(=O)c1cc(S(=O)(=O)N2CCOCC2)ccc1N1CCOCC1. The standard InChI is InChI=1S/C19H29N3O6S/c1-26-10-2-5-20-19(23)17-15-16(29(24,25)22-8-13-28-14-9-22)3-4-18(17)21-6-11-27-12-7-21/h3-4,15H,2,5-14H2,1H3,(H,20,23). The van der Waals surface area contributed by atoms with Gasteiger partial charge in [-0.25, -0.2) is 8.42 Å². The van der Waals surface area contributed by atoms with Crippen molar-refractivity contribution < 1.29 is 27.4 Å². The molecule has 0 bridgehead atoms. The molecule has 2 aliphatic heterocycles. The average molecular weight is 428 g/mol. The van der Waals surface area contributed by atoms with Crippen LogP contribution in [0, 0.1) is 0 Å². The summed E-state index contributed by atoms with van der Waals surface area (Å²) in [5.41, 5.74) is 1.08. The Labute approximate surface area is 171 Å². The maximum Gasteiger partial charge on any atom is 0.253 e. The van der Waals surface area contributed by atoms with Crippen LogP contribution in [0.2, 0.25) is 0 Å². The molecule has 0 aliphatic carbocycles. The minimum absolute atomic E-state index is 0.124. The fourth-order valence-electron chi connectivity index (χ4n) is 3.39. The van der Waals surface area contributed by atoms with Gasteiger partial charge in [0.05, 0.1) is 36.9 Å². The minimum atomic E-state index is -3.68. The summed E-state index contributed by atoms with van der Waals surface area (Å²) in [7, 11) is -2.08. The van der Waals surface area contributed by atoms with E-state index in [1.165, 1.54) is 10.4 Å². The Morgan fingerprint density at radius 1 is 1.10 bits per heavy atom. The highest BCUT2D eigenvalue weighted by atomic mass is 32.2. The van der Waals surface area contributed by atoms with Crippen LogP contribution in [0.5, 0.6) is 0 Å². The number of anilines is 1. The van der Waals surface area contributed by atoms with Gasteiger partial charge in [-0.1, -0.05) is 0 Å². The van der Waals surface area contributed by atoms with Crippen LogP contribution in [-0.2, 0) is 24.2 Å². The van der Waals surface area contributed by atoms with Crippen molar-refractivity contribution in [2.24, 2.45) is 0 Å². The Morgan fingerprint density at radius 2 is 1.76 bits per heavy atom. The topological polar surface area (TPSA) is 97.4 Å². The number of rotatable bonds is 8. The third-order valence-electron chi connectivity index (χ3n) is 4.98. The molecule has 0 atom stereocenters. The molecule has 162 valence electrons. The van der Waals surface area contributed by atoms with Gasteiger partial charge in [0, 0.05) is 52.1 Å². The van der Waals surface area contributed by atoms with Crippen LogP contribution in [0.4, 0.5) is 5.69 Å². The van der Waals surface area contributed by atoms with Crippen molar-refractivity contribution in [1.82, 2.24) is 9.62 Å². The minimum Gasteiger partial charge on any atom is -0.385 e. The van der Waals surface area contributed by atoms with Crippen molar-refractivity contribution in [2.75, 3.05) is 77.8 Å². The number of carbonyl (C=O) groups excluding carboxylic acids is 1. The Bertz CT molecular complexity index is 789. The van der Waals surface area contributed by atoms with E-state index in [0.29, 0.717) is 77.7 Å². The number of ether oxygens (including phenoxy) is 3. The van der Waals surface area contributed by atoms with Gasteiger partial charge < -0.3 is 24.4 Å². The molecule has 1 aromatic rings. The highest BCUT2D eigenvalue weighted by Gasteiger charge is 2.28. The van der Waals surface area contributed by atoms with Gasteiger partial charge >= 0.3 is 0 Å². The molecule has 10 heteroatoms. The van der Waals surface area contributed by atoms with E-state index < -0.39 is 10.0 Å². The summed E-state index contributed by atoms with van der Waals surface area (Å²) in [5, 5.41) is 2.87. The number of benzene rings is 1. The van der Waals surface area contributed by atoms with Gasteiger partial charge in [0.2, 0.25) is 10.0 Å². The summed E-state index contributed by atoms with van der Waals surface area (Å²) >= 11 is 0. The zero-order valence-electron chi connectivity index (χ0n) is 16.8. The first-order chi connectivity index (χ1) is 14.0. The Kier molecular flexibility index (Phi) is 7.84. The van der Waals surface area contributed by atoms with Gasteiger partial charge in [-0.3, -0.25) is 4.79 Å². The number of methoxy groups -OCH3 is 1. The van der Waals surface area contributed by atoms with E-state index in [-0.39, 0.29) is 10.8 Å². The quantitative estimate of drug-likeness (QED) is 0.597. The van der Waals surface area contributed by atoms with Crippen LogP contribution in [0.15, 0.2) is 23.1 Å². The summed E-state index contributed by atoms with van der Waals surface area (Å²) in [5.74, 6) is -0.290. The lowest BCUT2D eigenvalue weighted by Crippen LogP contribution is -2.41.